The minimum Gasteiger partial charge on any atom is -0.473 e. The van der Waals surface area contributed by atoms with E-state index in [0.717, 1.165) is 9.13 Å². The molecule has 0 aliphatic carbocycles. The second kappa shape index (κ2) is 11.0. The van der Waals surface area contributed by atoms with Gasteiger partial charge in [-0.05, 0) is 86.4 Å². The second-order valence-corrected chi connectivity index (χ2v) is 9.11. The molecule has 9 heteroatoms. The van der Waals surface area contributed by atoms with Gasteiger partial charge in [-0.15, -0.1) is 0 Å². The molecule has 30 heavy (non-hydrogen) atoms. The van der Waals surface area contributed by atoms with Crippen molar-refractivity contribution >= 4 is 61.7 Å². The van der Waals surface area contributed by atoms with E-state index in [4.69, 9.17) is 32.7 Å². The first-order valence-corrected chi connectivity index (χ1v) is 11.4. The molecule has 0 spiro atoms. The van der Waals surface area contributed by atoms with Gasteiger partial charge >= 0.3 is 0 Å². The molecule has 0 atom stereocenters. The third-order valence-corrected chi connectivity index (χ3v) is 6.21. The molecule has 0 bridgehead atoms. The third-order valence-electron chi connectivity index (χ3n) is 4.17. The molecule has 0 saturated heterocycles. The van der Waals surface area contributed by atoms with Gasteiger partial charge in [0.2, 0.25) is 5.88 Å². The lowest BCUT2D eigenvalue weighted by atomic mass is 10.0. The first-order valence-electron chi connectivity index (χ1n) is 8.77. The molecular weight excluding hydrogens is 614 g/mol. The highest BCUT2D eigenvalue weighted by Crippen LogP contribution is 2.25. The summed E-state index contributed by atoms with van der Waals surface area (Å²) >= 11 is 17.1. The Kier molecular flexibility index (Phi) is 8.71. The summed E-state index contributed by atoms with van der Waals surface area (Å²) in [6.45, 7) is 0.611. The molecule has 0 aliphatic heterocycles. The van der Waals surface area contributed by atoms with Gasteiger partial charge in [-0.2, -0.15) is 0 Å². The van der Waals surface area contributed by atoms with Crippen LogP contribution in [-0.2, 0) is 24.4 Å². The van der Waals surface area contributed by atoms with Crippen molar-refractivity contribution in [2.75, 3.05) is 6.61 Å². The molecule has 0 amide bonds. The molecule has 3 rings (SSSR count). The van der Waals surface area contributed by atoms with Crippen LogP contribution in [0.3, 0.4) is 0 Å². The van der Waals surface area contributed by atoms with E-state index >= 15 is 0 Å². The maximum Gasteiger partial charge on any atom is 0.214 e. The number of hydrogen-bond acceptors (Lipinski definition) is 3. The van der Waals surface area contributed by atoms with Gasteiger partial charge in [0.05, 0.1) is 17.7 Å². The standard InChI is InChI=1S/C21H15BrCl2F2INO2/c22-16-7-13(19(27)9-18(16)26)10-29-5-4-12-6-14(23)8-17(25)15(12)11-30-21-3-1-2-20(24)28-21/h1-3,6-9H,4-5,10-11H2. The van der Waals surface area contributed by atoms with Crippen molar-refractivity contribution in [2.24, 2.45) is 0 Å². The van der Waals surface area contributed by atoms with Crippen LogP contribution in [0.15, 0.2) is 46.9 Å². The van der Waals surface area contributed by atoms with Crippen LogP contribution in [0.1, 0.15) is 16.7 Å². The highest BCUT2D eigenvalue weighted by atomic mass is 127. The number of ether oxygens (including phenoxy) is 2. The summed E-state index contributed by atoms with van der Waals surface area (Å²) < 4.78 is 40.5. The summed E-state index contributed by atoms with van der Waals surface area (Å²) in [4.78, 5) is 4.03. The van der Waals surface area contributed by atoms with Gasteiger partial charge < -0.3 is 9.47 Å². The molecule has 1 heterocycles. The Morgan fingerprint density at radius 1 is 1.00 bits per heavy atom. The van der Waals surface area contributed by atoms with Crippen LogP contribution in [-0.4, -0.2) is 11.6 Å². The van der Waals surface area contributed by atoms with Gasteiger partial charge in [-0.25, -0.2) is 13.8 Å². The fourth-order valence-electron chi connectivity index (χ4n) is 2.70. The van der Waals surface area contributed by atoms with Gasteiger partial charge in [0, 0.05) is 20.2 Å². The van der Waals surface area contributed by atoms with Gasteiger partial charge in [0.25, 0.3) is 0 Å². The van der Waals surface area contributed by atoms with Gasteiger partial charge in [0.15, 0.2) is 0 Å². The number of halogens is 6. The average molecular weight is 629 g/mol. The van der Waals surface area contributed by atoms with E-state index in [2.05, 4.69) is 43.5 Å². The zero-order valence-corrected chi connectivity index (χ0v) is 20.7. The fraction of sp³-hybridized carbons (Fsp3) is 0.190. The lowest BCUT2D eigenvalue weighted by Gasteiger charge is -2.13. The van der Waals surface area contributed by atoms with Crippen LogP contribution >= 0.6 is 61.7 Å². The highest BCUT2D eigenvalue weighted by Gasteiger charge is 2.13. The van der Waals surface area contributed by atoms with Crippen LogP contribution in [0.2, 0.25) is 10.2 Å². The second-order valence-electron chi connectivity index (χ2n) is 6.27. The van der Waals surface area contributed by atoms with Gasteiger partial charge in [-0.3, -0.25) is 0 Å². The Morgan fingerprint density at radius 3 is 2.57 bits per heavy atom. The van der Waals surface area contributed by atoms with Crippen molar-refractivity contribution in [1.82, 2.24) is 4.98 Å². The number of rotatable bonds is 8. The summed E-state index contributed by atoms with van der Waals surface area (Å²) in [6, 6.07) is 11.0. The van der Waals surface area contributed by atoms with Crippen molar-refractivity contribution in [3.05, 3.63) is 89.0 Å². The van der Waals surface area contributed by atoms with Crippen LogP contribution in [0, 0.1) is 15.2 Å². The molecule has 0 unspecified atom stereocenters. The van der Waals surface area contributed by atoms with Crippen molar-refractivity contribution in [1.29, 1.82) is 0 Å². The molecule has 2 aromatic carbocycles. The summed E-state index contributed by atoms with van der Waals surface area (Å²) in [5, 5.41) is 0.587. The zero-order chi connectivity index (χ0) is 21.7. The Morgan fingerprint density at radius 2 is 1.80 bits per heavy atom. The molecule has 3 nitrogen and oxygen atoms in total. The van der Waals surface area contributed by atoms with Gasteiger partial charge in [0.1, 0.15) is 23.4 Å². The molecule has 0 radical (unpaired) electrons. The molecule has 0 saturated carbocycles. The lowest BCUT2D eigenvalue weighted by Crippen LogP contribution is -2.08. The maximum atomic E-state index is 14.5. The van der Waals surface area contributed by atoms with Crippen LogP contribution in [0.4, 0.5) is 8.78 Å². The molecular formula is C21H15BrCl2F2INO2. The van der Waals surface area contributed by atoms with E-state index in [9.17, 15) is 8.78 Å². The molecule has 0 fully saturated rings. The van der Waals surface area contributed by atoms with E-state index in [0.29, 0.717) is 51.3 Å². The summed E-state index contributed by atoms with van der Waals surface area (Å²) in [6.07, 6.45) is 0.429. The van der Waals surface area contributed by atoms with Crippen molar-refractivity contribution in [3.8, 4) is 5.88 Å². The summed E-state index contributed by atoms with van der Waals surface area (Å²) in [7, 11) is 0. The molecule has 3 aromatic rings. The van der Waals surface area contributed by atoms with E-state index in [-0.39, 0.29) is 12.4 Å². The first kappa shape index (κ1) is 23.7. The van der Waals surface area contributed by atoms with E-state index in [1.54, 1.807) is 30.3 Å². The predicted octanol–water partition coefficient (Wildman–Crippen LogP) is 7.37. The minimum absolute atomic E-state index is 0.0194. The maximum absolute atomic E-state index is 14.5. The average Bonchev–Trinajstić information content (AvgIpc) is 2.68. The van der Waals surface area contributed by atoms with Crippen LogP contribution in [0.25, 0.3) is 0 Å². The van der Waals surface area contributed by atoms with E-state index in [1.807, 2.05) is 0 Å². The number of aromatic nitrogens is 1. The molecule has 0 N–H and O–H groups in total. The van der Waals surface area contributed by atoms with E-state index < -0.39 is 5.82 Å². The predicted molar refractivity (Wildman–Crippen MR) is 125 cm³/mol. The Labute approximate surface area is 205 Å². The Bertz CT molecular complexity index is 1060. The Balaban J connectivity index is 1.64. The number of nitrogens with zero attached hydrogens (tertiary/aromatic N) is 1. The van der Waals surface area contributed by atoms with Crippen molar-refractivity contribution in [2.45, 2.75) is 19.6 Å². The van der Waals surface area contributed by atoms with Crippen molar-refractivity contribution < 1.29 is 18.3 Å². The number of benzene rings is 2. The van der Waals surface area contributed by atoms with Crippen LogP contribution in [0.5, 0.6) is 5.88 Å². The zero-order valence-electron chi connectivity index (χ0n) is 15.4. The van der Waals surface area contributed by atoms with E-state index in [1.165, 1.54) is 12.1 Å². The van der Waals surface area contributed by atoms with Crippen LogP contribution < -0.4 is 4.74 Å². The monoisotopic (exact) mass is 627 g/mol. The molecule has 1 aromatic heterocycles. The quantitative estimate of drug-likeness (QED) is 0.113. The third kappa shape index (κ3) is 6.50. The largest absolute Gasteiger partial charge is 0.473 e. The summed E-state index contributed by atoms with van der Waals surface area (Å²) in [5.74, 6) is -0.483. The number of hydrogen-bond donors (Lipinski definition) is 0. The van der Waals surface area contributed by atoms with Crippen molar-refractivity contribution in [3.63, 3.8) is 0 Å². The lowest BCUT2D eigenvalue weighted by molar-refractivity contribution is 0.123. The molecule has 158 valence electrons. The van der Waals surface area contributed by atoms with Gasteiger partial charge in [-0.1, -0.05) is 29.3 Å². The minimum atomic E-state index is -0.462. The SMILES string of the molecule is Fc1cc(I)c(COCCc2cc(Cl)cc(F)c2COc2cccc(Cl)n2)cc1Br. The first-order chi connectivity index (χ1) is 14.3. The highest BCUT2D eigenvalue weighted by molar-refractivity contribution is 14.1. The topological polar surface area (TPSA) is 31.4 Å². The molecule has 0 aliphatic rings. The number of pyridine rings is 1. The Hall–Kier alpha value is -1.00. The fourth-order valence-corrected chi connectivity index (χ4v) is 4.06. The summed E-state index contributed by atoms with van der Waals surface area (Å²) in [5.41, 5.74) is 1.91. The smallest absolute Gasteiger partial charge is 0.214 e. The normalized spacial score (nSPS) is 11.0.